The Bertz CT molecular complexity index is 601. The first-order chi connectivity index (χ1) is 8.56. The maximum atomic E-state index is 12.0. The highest BCUT2D eigenvalue weighted by molar-refractivity contribution is 14.1. The lowest BCUT2D eigenvalue weighted by atomic mass is 10.2. The molecule has 18 heavy (non-hydrogen) atoms. The van der Waals surface area contributed by atoms with Crippen LogP contribution in [0.15, 0.2) is 42.5 Å². The van der Waals surface area contributed by atoms with E-state index in [0.717, 1.165) is 3.57 Å². The highest BCUT2D eigenvalue weighted by Crippen LogP contribution is 2.26. The molecule has 2 N–H and O–H groups in total. The van der Waals surface area contributed by atoms with Crippen molar-refractivity contribution in [1.82, 2.24) is 0 Å². The van der Waals surface area contributed by atoms with Crippen LogP contribution in [0.5, 0.6) is 5.75 Å². The molecule has 0 saturated carbocycles. The van der Waals surface area contributed by atoms with Gasteiger partial charge in [-0.15, -0.1) is 0 Å². The third-order valence-electron chi connectivity index (χ3n) is 2.29. The summed E-state index contributed by atoms with van der Waals surface area (Å²) in [6, 6.07) is 11.6. The van der Waals surface area contributed by atoms with Crippen molar-refractivity contribution in [2.45, 2.75) is 0 Å². The Balaban J connectivity index is 2.21. The Morgan fingerprint density at radius 3 is 2.67 bits per heavy atom. The summed E-state index contributed by atoms with van der Waals surface area (Å²) in [5.74, 6) is -0.173. The number of rotatable bonds is 2. The lowest BCUT2D eigenvalue weighted by molar-refractivity contribution is 0.102. The van der Waals surface area contributed by atoms with Gasteiger partial charge in [-0.3, -0.25) is 4.79 Å². The molecule has 0 spiro atoms. The zero-order valence-electron chi connectivity index (χ0n) is 9.15. The third kappa shape index (κ3) is 3.14. The van der Waals surface area contributed by atoms with Gasteiger partial charge in [0.15, 0.2) is 0 Å². The number of anilines is 1. The van der Waals surface area contributed by atoms with Gasteiger partial charge >= 0.3 is 0 Å². The van der Waals surface area contributed by atoms with Crippen molar-refractivity contribution in [3.63, 3.8) is 0 Å². The van der Waals surface area contributed by atoms with Crippen molar-refractivity contribution in [3.05, 3.63) is 56.6 Å². The van der Waals surface area contributed by atoms with Crippen LogP contribution < -0.4 is 5.32 Å². The molecule has 0 aromatic heterocycles. The van der Waals surface area contributed by atoms with E-state index in [4.69, 9.17) is 11.6 Å². The molecule has 0 bridgehead atoms. The first-order valence-corrected chi connectivity index (χ1v) is 6.57. The first-order valence-electron chi connectivity index (χ1n) is 5.12. The standard InChI is InChI=1S/C13H9ClINO2/c14-11-7-10(17)4-5-12(11)16-13(18)8-2-1-3-9(15)6-8/h1-7,17H,(H,16,18). The SMILES string of the molecule is O=C(Nc1ccc(O)cc1Cl)c1cccc(I)c1. The Hall–Kier alpha value is -1.27. The molecule has 0 aliphatic carbocycles. The molecule has 0 fully saturated rings. The Morgan fingerprint density at radius 1 is 1.22 bits per heavy atom. The quantitative estimate of drug-likeness (QED) is 0.619. The van der Waals surface area contributed by atoms with Gasteiger partial charge in [0.2, 0.25) is 0 Å². The van der Waals surface area contributed by atoms with E-state index in [9.17, 15) is 9.90 Å². The molecule has 2 rings (SSSR count). The predicted octanol–water partition coefficient (Wildman–Crippen LogP) is 3.90. The van der Waals surface area contributed by atoms with E-state index in [1.807, 2.05) is 12.1 Å². The molecular weight excluding hydrogens is 365 g/mol. The van der Waals surface area contributed by atoms with Crippen molar-refractivity contribution in [2.24, 2.45) is 0 Å². The zero-order chi connectivity index (χ0) is 13.1. The van der Waals surface area contributed by atoms with Gasteiger partial charge in [0.25, 0.3) is 5.91 Å². The van der Waals surface area contributed by atoms with Crippen molar-refractivity contribution >= 4 is 45.8 Å². The average Bonchev–Trinajstić information content (AvgIpc) is 2.32. The van der Waals surface area contributed by atoms with Gasteiger partial charge in [0.1, 0.15) is 5.75 Å². The number of hydrogen-bond donors (Lipinski definition) is 2. The predicted molar refractivity (Wildman–Crippen MR) is 80.2 cm³/mol. The van der Waals surface area contributed by atoms with Crippen LogP contribution in [0, 0.1) is 3.57 Å². The summed E-state index contributed by atoms with van der Waals surface area (Å²) >= 11 is 8.06. The lowest BCUT2D eigenvalue weighted by Crippen LogP contribution is -2.12. The largest absolute Gasteiger partial charge is 0.508 e. The monoisotopic (exact) mass is 373 g/mol. The van der Waals surface area contributed by atoms with Crippen LogP contribution >= 0.6 is 34.2 Å². The van der Waals surface area contributed by atoms with Gasteiger partial charge in [0.05, 0.1) is 10.7 Å². The summed E-state index contributed by atoms with van der Waals surface area (Å²) in [7, 11) is 0. The number of amides is 1. The second-order valence-corrected chi connectivity index (χ2v) is 5.28. The van der Waals surface area contributed by atoms with Crippen LogP contribution in [-0.2, 0) is 0 Å². The van der Waals surface area contributed by atoms with E-state index in [1.54, 1.807) is 18.2 Å². The third-order valence-corrected chi connectivity index (χ3v) is 3.27. The summed E-state index contributed by atoms with van der Waals surface area (Å²) in [4.78, 5) is 12.0. The molecule has 1 amide bonds. The number of nitrogens with one attached hydrogen (secondary N) is 1. The number of hydrogen-bond acceptors (Lipinski definition) is 2. The van der Waals surface area contributed by atoms with Gasteiger partial charge in [-0.25, -0.2) is 0 Å². The Kier molecular flexibility index (Phi) is 4.08. The molecule has 2 aromatic carbocycles. The smallest absolute Gasteiger partial charge is 0.255 e. The van der Waals surface area contributed by atoms with Crippen LogP contribution in [0.25, 0.3) is 0 Å². The van der Waals surface area contributed by atoms with Gasteiger partial charge in [-0.05, 0) is 52.9 Å². The number of halogens is 2. The molecule has 0 atom stereocenters. The number of aromatic hydroxyl groups is 1. The number of phenols is 1. The minimum absolute atomic E-state index is 0.0623. The number of phenolic OH excluding ortho intramolecular Hbond substituents is 1. The van der Waals surface area contributed by atoms with Crippen molar-refractivity contribution < 1.29 is 9.90 Å². The molecule has 0 unspecified atom stereocenters. The minimum Gasteiger partial charge on any atom is -0.508 e. The van der Waals surface area contributed by atoms with Crippen LogP contribution in [0.1, 0.15) is 10.4 Å². The maximum Gasteiger partial charge on any atom is 0.255 e. The average molecular weight is 374 g/mol. The van der Waals surface area contributed by atoms with Gasteiger partial charge < -0.3 is 10.4 Å². The number of carbonyl (C=O) groups is 1. The molecule has 3 nitrogen and oxygen atoms in total. The molecular formula is C13H9ClINO2. The topological polar surface area (TPSA) is 49.3 Å². The van der Waals surface area contributed by atoms with Crippen molar-refractivity contribution in [2.75, 3.05) is 5.32 Å². The fourth-order valence-corrected chi connectivity index (χ4v) is 2.19. The molecule has 0 aliphatic heterocycles. The van der Waals surface area contributed by atoms with E-state index >= 15 is 0 Å². The van der Waals surface area contributed by atoms with Crippen molar-refractivity contribution in [1.29, 1.82) is 0 Å². The zero-order valence-corrected chi connectivity index (χ0v) is 12.1. The lowest BCUT2D eigenvalue weighted by Gasteiger charge is -2.07. The molecule has 0 radical (unpaired) electrons. The van der Waals surface area contributed by atoms with Crippen LogP contribution in [0.4, 0.5) is 5.69 Å². The van der Waals surface area contributed by atoms with E-state index in [2.05, 4.69) is 27.9 Å². The second kappa shape index (κ2) is 5.58. The summed E-state index contributed by atoms with van der Waals surface area (Å²) in [6.07, 6.45) is 0. The van der Waals surface area contributed by atoms with E-state index in [0.29, 0.717) is 16.3 Å². The van der Waals surface area contributed by atoms with Gasteiger partial charge in [0, 0.05) is 15.2 Å². The summed E-state index contributed by atoms with van der Waals surface area (Å²) in [5.41, 5.74) is 1.03. The molecule has 0 saturated heterocycles. The van der Waals surface area contributed by atoms with Gasteiger partial charge in [-0.2, -0.15) is 0 Å². The van der Waals surface area contributed by atoms with Gasteiger partial charge in [-0.1, -0.05) is 17.7 Å². The summed E-state index contributed by atoms with van der Waals surface area (Å²) in [5, 5.41) is 12.2. The van der Waals surface area contributed by atoms with Crippen LogP contribution in [0.2, 0.25) is 5.02 Å². The molecule has 2 aromatic rings. The van der Waals surface area contributed by atoms with E-state index < -0.39 is 0 Å². The van der Waals surface area contributed by atoms with Crippen LogP contribution in [0.3, 0.4) is 0 Å². The number of carbonyl (C=O) groups excluding carboxylic acids is 1. The Labute approximate surface area is 123 Å². The molecule has 0 heterocycles. The number of benzene rings is 2. The highest BCUT2D eigenvalue weighted by atomic mass is 127. The molecule has 92 valence electrons. The van der Waals surface area contributed by atoms with E-state index in [1.165, 1.54) is 12.1 Å². The summed E-state index contributed by atoms with van der Waals surface area (Å²) in [6.45, 7) is 0. The Morgan fingerprint density at radius 2 is 2.00 bits per heavy atom. The normalized spacial score (nSPS) is 10.1. The van der Waals surface area contributed by atoms with Crippen LogP contribution in [-0.4, -0.2) is 11.0 Å². The molecule has 0 aliphatic rings. The fourth-order valence-electron chi connectivity index (χ4n) is 1.43. The van der Waals surface area contributed by atoms with Crippen molar-refractivity contribution in [3.8, 4) is 5.75 Å². The van der Waals surface area contributed by atoms with E-state index in [-0.39, 0.29) is 11.7 Å². The molecule has 5 heteroatoms. The summed E-state index contributed by atoms with van der Waals surface area (Å²) < 4.78 is 0.983. The first kappa shape index (κ1) is 13.2. The minimum atomic E-state index is -0.235. The maximum absolute atomic E-state index is 12.0. The fraction of sp³-hybridized carbons (Fsp3) is 0. The second-order valence-electron chi connectivity index (χ2n) is 3.63. The highest BCUT2D eigenvalue weighted by Gasteiger charge is 2.09.